The molecular weight excluding hydrogens is 295 g/mol. The van der Waals surface area contributed by atoms with Gasteiger partial charge in [-0.05, 0) is 23.1 Å². The van der Waals surface area contributed by atoms with Crippen LogP contribution in [0.2, 0.25) is 0 Å². The minimum absolute atomic E-state index is 0.201. The molecular formula is C18H17FN2O2. The Balaban J connectivity index is 2.05. The van der Waals surface area contributed by atoms with Gasteiger partial charge in [0.25, 0.3) is 0 Å². The van der Waals surface area contributed by atoms with E-state index in [1.165, 1.54) is 12.1 Å². The fourth-order valence-electron chi connectivity index (χ4n) is 2.50. The Bertz CT molecular complexity index is 823. The van der Waals surface area contributed by atoms with E-state index in [-0.39, 0.29) is 19.0 Å². The van der Waals surface area contributed by atoms with Crippen LogP contribution in [0.5, 0.6) is 0 Å². The average Bonchev–Trinajstić information content (AvgIpc) is 2.59. The first-order chi connectivity index (χ1) is 11.2. The number of nitrogens with one attached hydrogen (secondary N) is 1. The number of benzene rings is 2. The molecule has 0 bridgehead atoms. The smallest absolute Gasteiger partial charge is 0.133 e. The highest BCUT2D eigenvalue weighted by Gasteiger charge is 2.10. The number of anilines is 1. The minimum Gasteiger partial charge on any atom is -0.394 e. The van der Waals surface area contributed by atoms with Gasteiger partial charge in [-0.2, -0.15) is 0 Å². The van der Waals surface area contributed by atoms with Crippen molar-refractivity contribution in [3.63, 3.8) is 0 Å². The van der Waals surface area contributed by atoms with Gasteiger partial charge in [0.05, 0.1) is 12.7 Å². The highest BCUT2D eigenvalue weighted by Crippen LogP contribution is 2.31. The normalized spacial score (nSPS) is 12.3. The Morgan fingerprint density at radius 2 is 1.87 bits per heavy atom. The summed E-state index contributed by atoms with van der Waals surface area (Å²) in [6.45, 7) is -0.112. The Hall–Kier alpha value is -2.50. The lowest BCUT2D eigenvalue weighted by atomic mass is 10.0. The van der Waals surface area contributed by atoms with Crippen LogP contribution in [0.15, 0.2) is 54.7 Å². The van der Waals surface area contributed by atoms with Gasteiger partial charge in [-0.3, -0.25) is 0 Å². The van der Waals surface area contributed by atoms with Crippen LogP contribution < -0.4 is 5.32 Å². The monoisotopic (exact) mass is 312 g/mol. The second-order valence-electron chi connectivity index (χ2n) is 5.29. The Morgan fingerprint density at radius 1 is 1.09 bits per heavy atom. The number of rotatable bonds is 5. The summed E-state index contributed by atoms with van der Waals surface area (Å²) < 4.78 is 13.5. The number of hydrogen-bond donors (Lipinski definition) is 3. The van der Waals surface area contributed by atoms with E-state index in [0.29, 0.717) is 5.82 Å². The zero-order valence-corrected chi connectivity index (χ0v) is 12.4. The van der Waals surface area contributed by atoms with Crippen LogP contribution in [-0.2, 0) is 0 Å². The molecule has 3 N–H and O–H groups in total. The number of hydrogen-bond acceptors (Lipinski definition) is 4. The molecule has 1 heterocycles. The standard InChI is InChI=1S/C18H17FN2O2/c19-13-5-3-4-12(8-13)17-10-21-18(20-9-14(23)11-22)16-7-2-1-6-15(16)17/h1-8,10,14,22-23H,9,11H2,(H,20,21). The van der Waals surface area contributed by atoms with Gasteiger partial charge >= 0.3 is 0 Å². The first kappa shape index (κ1) is 15.4. The summed E-state index contributed by atoms with van der Waals surface area (Å²) in [4.78, 5) is 4.39. The van der Waals surface area contributed by atoms with Gasteiger partial charge in [0.2, 0.25) is 0 Å². The number of fused-ring (bicyclic) bond motifs is 1. The molecule has 0 fully saturated rings. The number of aromatic nitrogens is 1. The first-order valence-electron chi connectivity index (χ1n) is 7.35. The van der Waals surface area contributed by atoms with Crippen molar-refractivity contribution >= 4 is 16.6 Å². The molecule has 1 aromatic heterocycles. The van der Waals surface area contributed by atoms with E-state index in [0.717, 1.165) is 21.9 Å². The highest BCUT2D eigenvalue weighted by atomic mass is 19.1. The molecule has 0 saturated carbocycles. The van der Waals surface area contributed by atoms with Crippen molar-refractivity contribution in [2.75, 3.05) is 18.5 Å². The molecule has 2 aromatic carbocycles. The molecule has 23 heavy (non-hydrogen) atoms. The van der Waals surface area contributed by atoms with Crippen LogP contribution in [0.4, 0.5) is 10.2 Å². The maximum Gasteiger partial charge on any atom is 0.133 e. The minimum atomic E-state index is -0.849. The van der Waals surface area contributed by atoms with E-state index in [2.05, 4.69) is 10.3 Å². The molecule has 3 aromatic rings. The molecule has 1 unspecified atom stereocenters. The number of aliphatic hydroxyl groups is 2. The van der Waals surface area contributed by atoms with Crippen molar-refractivity contribution in [2.24, 2.45) is 0 Å². The zero-order chi connectivity index (χ0) is 16.2. The summed E-state index contributed by atoms with van der Waals surface area (Å²) in [5.74, 6) is 0.327. The molecule has 0 aliphatic heterocycles. The Kier molecular flexibility index (Phi) is 4.50. The molecule has 1 atom stereocenters. The van der Waals surface area contributed by atoms with Crippen molar-refractivity contribution in [2.45, 2.75) is 6.10 Å². The largest absolute Gasteiger partial charge is 0.394 e. The Labute approximate surface area is 133 Å². The van der Waals surface area contributed by atoms with Gasteiger partial charge in [0, 0.05) is 23.7 Å². The van der Waals surface area contributed by atoms with Crippen LogP contribution in [0.1, 0.15) is 0 Å². The van der Waals surface area contributed by atoms with E-state index in [9.17, 15) is 9.50 Å². The third-order valence-corrected chi connectivity index (χ3v) is 3.65. The molecule has 0 radical (unpaired) electrons. The van der Waals surface area contributed by atoms with Crippen molar-refractivity contribution < 1.29 is 14.6 Å². The number of aliphatic hydroxyl groups excluding tert-OH is 2. The lowest BCUT2D eigenvalue weighted by Crippen LogP contribution is -2.23. The van der Waals surface area contributed by atoms with Crippen LogP contribution in [-0.4, -0.2) is 34.5 Å². The second kappa shape index (κ2) is 6.73. The van der Waals surface area contributed by atoms with E-state index >= 15 is 0 Å². The fourth-order valence-corrected chi connectivity index (χ4v) is 2.50. The lowest BCUT2D eigenvalue weighted by molar-refractivity contribution is 0.105. The first-order valence-corrected chi connectivity index (χ1v) is 7.35. The number of halogens is 1. The van der Waals surface area contributed by atoms with Crippen molar-refractivity contribution in [1.29, 1.82) is 0 Å². The molecule has 5 heteroatoms. The van der Waals surface area contributed by atoms with E-state index in [4.69, 9.17) is 5.11 Å². The molecule has 0 spiro atoms. The van der Waals surface area contributed by atoms with Crippen LogP contribution >= 0.6 is 0 Å². The summed E-state index contributed by atoms with van der Waals surface area (Å²) >= 11 is 0. The molecule has 3 rings (SSSR count). The molecule has 0 amide bonds. The van der Waals surface area contributed by atoms with Gasteiger partial charge in [-0.25, -0.2) is 9.37 Å². The predicted molar refractivity (Wildman–Crippen MR) is 88.7 cm³/mol. The number of pyridine rings is 1. The summed E-state index contributed by atoms with van der Waals surface area (Å²) in [6.07, 6.45) is 0.837. The maximum absolute atomic E-state index is 13.5. The third-order valence-electron chi connectivity index (χ3n) is 3.65. The fraction of sp³-hybridized carbons (Fsp3) is 0.167. The van der Waals surface area contributed by atoms with Gasteiger partial charge in [0.15, 0.2) is 0 Å². The van der Waals surface area contributed by atoms with Crippen LogP contribution in [0, 0.1) is 5.82 Å². The predicted octanol–water partition coefficient (Wildman–Crippen LogP) is 2.81. The zero-order valence-electron chi connectivity index (χ0n) is 12.4. The quantitative estimate of drug-likeness (QED) is 0.678. The molecule has 0 aliphatic carbocycles. The topological polar surface area (TPSA) is 65.4 Å². The van der Waals surface area contributed by atoms with Gasteiger partial charge in [-0.15, -0.1) is 0 Å². The molecule has 4 nitrogen and oxygen atoms in total. The summed E-state index contributed by atoms with van der Waals surface area (Å²) in [6, 6.07) is 14.1. The SMILES string of the molecule is OCC(O)CNc1ncc(-c2cccc(F)c2)c2ccccc12. The summed E-state index contributed by atoms with van der Waals surface area (Å²) in [5, 5.41) is 23.2. The van der Waals surface area contributed by atoms with E-state index in [1.54, 1.807) is 12.3 Å². The molecule has 118 valence electrons. The second-order valence-corrected chi connectivity index (χ2v) is 5.29. The van der Waals surface area contributed by atoms with Gasteiger partial charge in [0.1, 0.15) is 11.6 Å². The Morgan fingerprint density at radius 3 is 2.61 bits per heavy atom. The highest BCUT2D eigenvalue weighted by molar-refractivity contribution is 6.01. The third kappa shape index (κ3) is 3.31. The van der Waals surface area contributed by atoms with Gasteiger partial charge in [-0.1, -0.05) is 36.4 Å². The van der Waals surface area contributed by atoms with Crippen LogP contribution in [0.3, 0.4) is 0 Å². The van der Waals surface area contributed by atoms with Crippen molar-refractivity contribution in [3.8, 4) is 11.1 Å². The average molecular weight is 312 g/mol. The lowest BCUT2D eigenvalue weighted by Gasteiger charge is -2.14. The van der Waals surface area contributed by atoms with E-state index < -0.39 is 6.10 Å². The van der Waals surface area contributed by atoms with Crippen LogP contribution in [0.25, 0.3) is 21.9 Å². The number of nitrogens with zero attached hydrogens (tertiary/aromatic N) is 1. The molecule has 0 aliphatic rings. The van der Waals surface area contributed by atoms with Crippen molar-refractivity contribution in [3.05, 3.63) is 60.5 Å². The summed E-state index contributed by atoms with van der Waals surface area (Å²) in [5.41, 5.74) is 1.60. The summed E-state index contributed by atoms with van der Waals surface area (Å²) in [7, 11) is 0. The maximum atomic E-state index is 13.5. The van der Waals surface area contributed by atoms with Gasteiger partial charge < -0.3 is 15.5 Å². The molecule has 0 saturated heterocycles. The van der Waals surface area contributed by atoms with E-state index in [1.807, 2.05) is 30.3 Å². The van der Waals surface area contributed by atoms with Crippen molar-refractivity contribution in [1.82, 2.24) is 4.98 Å².